The van der Waals surface area contributed by atoms with Crippen LogP contribution in [0.3, 0.4) is 0 Å². The van der Waals surface area contributed by atoms with Crippen LogP contribution in [0.1, 0.15) is 11.1 Å². The summed E-state index contributed by atoms with van der Waals surface area (Å²) in [6.45, 7) is 4.35. The van der Waals surface area contributed by atoms with Crippen LogP contribution in [0.15, 0.2) is 170 Å². The Kier molecular flexibility index (Phi) is 6.34. The number of fused-ring (bicyclic) bond motifs is 5. The fraction of sp³-hybridized carbons (Fsp3) is 0.0417. The van der Waals surface area contributed by atoms with Crippen molar-refractivity contribution in [3.8, 4) is 39.1 Å². The van der Waals surface area contributed by atoms with Crippen LogP contribution < -0.4 is 4.90 Å². The maximum Gasteiger partial charge on any atom is 0.0562 e. The van der Waals surface area contributed by atoms with Gasteiger partial charge in [-0.2, -0.15) is 0 Å². The monoisotopic (exact) mass is 638 g/mol. The summed E-state index contributed by atoms with van der Waals surface area (Å²) in [5, 5.41) is 5.06. The highest BCUT2D eigenvalue weighted by Crippen LogP contribution is 2.54. The van der Waals surface area contributed by atoms with Crippen molar-refractivity contribution >= 4 is 49.6 Å². The molecule has 1 aliphatic heterocycles. The lowest BCUT2D eigenvalue weighted by molar-refractivity contribution is 1.17. The number of aromatic nitrogens is 1. The molecule has 0 saturated carbocycles. The molecule has 0 aliphatic carbocycles. The molecule has 0 atom stereocenters. The molecule has 0 unspecified atom stereocenters. The molecule has 50 heavy (non-hydrogen) atoms. The van der Waals surface area contributed by atoms with E-state index in [0.717, 1.165) is 0 Å². The largest absolute Gasteiger partial charge is 0.309 e. The molecule has 8 aromatic carbocycles. The Hall–Kier alpha value is -6.38. The lowest BCUT2D eigenvalue weighted by Crippen LogP contribution is -2.15. The first-order valence-corrected chi connectivity index (χ1v) is 17.4. The minimum atomic E-state index is 1.17. The first kappa shape index (κ1) is 28.6. The SMILES string of the molecule is Cc1cccc(N2c3cc4c(cc3-c3ccc(-c5ccccc5)c5cccc2c35)c2cc(-c3ccccc3)ccc2n4-c2cccc(C)c2)c1. The van der Waals surface area contributed by atoms with Crippen molar-refractivity contribution in [3.63, 3.8) is 0 Å². The van der Waals surface area contributed by atoms with Crippen molar-refractivity contribution in [1.82, 2.24) is 4.57 Å². The molecular weight excluding hydrogens is 605 g/mol. The molecule has 0 bridgehead atoms. The summed E-state index contributed by atoms with van der Waals surface area (Å²) in [5.74, 6) is 0. The van der Waals surface area contributed by atoms with Gasteiger partial charge < -0.3 is 9.47 Å². The van der Waals surface area contributed by atoms with Crippen LogP contribution in [-0.4, -0.2) is 4.57 Å². The molecule has 1 aliphatic rings. The van der Waals surface area contributed by atoms with Gasteiger partial charge in [-0.3, -0.25) is 0 Å². The molecule has 0 N–H and O–H groups in total. The number of benzene rings is 8. The standard InChI is InChI=1S/C48H34N2/c1-31-12-9-18-36(26-31)49-44-25-22-35(33-14-5-3-6-15-33)28-41(44)43-29-42-40-24-23-38(34-16-7-4-8-17-34)39-20-11-21-45(48(39)40)50(46(42)30-47(43)49)37-19-10-13-32(2)27-37/h3-30H,1-2H3. The molecule has 1 aromatic heterocycles. The van der Waals surface area contributed by atoms with E-state index in [1.54, 1.807) is 0 Å². The maximum absolute atomic E-state index is 2.49. The number of aryl methyl sites for hydroxylation is 2. The number of hydrogen-bond donors (Lipinski definition) is 0. The molecule has 0 spiro atoms. The van der Waals surface area contributed by atoms with Gasteiger partial charge in [-0.15, -0.1) is 0 Å². The summed E-state index contributed by atoms with van der Waals surface area (Å²) < 4.78 is 2.45. The smallest absolute Gasteiger partial charge is 0.0562 e. The van der Waals surface area contributed by atoms with Crippen molar-refractivity contribution < 1.29 is 0 Å². The lowest BCUT2D eigenvalue weighted by Gasteiger charge is -2.34. The van der Waals surface area contributed by atoms with Crippen molar-refractivity contribution in [2.24, 2.45) is 0 Å². The van der Waals surface area contributed by atoms with Crippen molar-refractivity contribution in [2.45, 2.75) is 13.8 Å². The molecule has 9 aromatic rings. The summed E-state index contributed by atoms with van der Waals surface area (Å²) >= 11 is 0. The highest BCUT2D eigenvalue weighted by Gasteiger charge is 2.29. The second kappa shape index (κ2) is 11.1. The fourth-order valence-corrected chi connectivity index (χ4v) is 8.15. The van der Waals surface area contributed by atoms with Crippen LogP contribution >= 0.6 is 0 Å². The summed E-state index contributed by atoms with van der Waals surface area (Å²) in [6.07, 6.45) is 0. The first-order valence-electron chi connectivity index (χ1n) is 17.4. The van der Waals surface area contributed by atoms with Gasteiger partial charge in [0, 0.05) is 33.1 Å². The zero-order chi connectivity index (χ0) is 33.3. The normalized spacial score (nSPS) is 12.2. The third-order valence-electron chi connectivity index (χ3n) is 10.4. The Morgan fingerprint density at radius 3 is 1.78 bits per heavy atom. The highest BCUT2D eigenvalue weighted by molar-refractivity contribution is 6.21. The Morgan fingerprint density at radius 1 is 0.360 bits per heavy atom. The van der Waals surface area contributed by atoms with E-state index in [9.17, 15) is 0 Å². The Balaban J connectivity index is 1.34. The first-order chi connectivity index (χ1) is 24.6. The van der Waals surface area contributed by atoms with Gasteiger partial charge in [0.1, 0.15) is 0 Å². The summed E-state index contributed by atoms with van der Waals surface area (Å²) in [4.78, 5) is 2.49. The zero-order valence-corrected chi connectivity index (χ0v) is 28.1. The van der Waals surface area contributed by atoms with Gasteiger partial charge in [-0.25, -0.2) is 0 Å². The van der Waals surface area contributed by atoms with Crippen LogP contribution in [0, 0.1) is 13.8 Å². The van der Waals surface area contributed by atoms with Gasteiger partial charge >= 0.3 is 0 Å². The van der Waals surface area contributed by atoms with Gasteiger partial charge in [0.25, 0.3) is 0 Å². The Bertz CT molecular complexity index is 2770. The molecule has 236 valence electrons. The molecule has 0 fully saturated rings. The summed E-state index contributed by atoms with van der Waals surface area (Å²) in [7, 11) is 0. The van der Waals surface area contributed by atoms with Crippen LogP contribution in [0.4, 0.5) is 17.1 Å². The van der Waals surface area contributed by atoms with E-state index in [1.165, 1.54) is 99.8 Å². The lowest BCUT2D eigenvalue weighted by atomic mass is 9.86. The molecule has 10 rings (SSSR count). The van der Waals surface area contributed by atoms with Crippen LogP contribution in [0.2, 0.25) is 0 Å². The van der Waals surface area contributed by atoms with Gasteiger partial charge in [-0.05, 0) is 113 Å². The fourth-order valence-electron chi connectivity index (χ4n) is 8.15. The van der Waals surface area contributed by atoms with E-state index in [4.69, 9.17) is 0 Å². The zero-order valence-electron chi connectivity index (χ0n) is 28.1. The van der Waals surface area contributed by atoms with Crippen LogP contribution in [-0.2, 0) is 0 Å². The van der Waals surface area contributed by atoms with E-state index in [1.807, 2.05) is 0 Å². The number of anilines is 3. The molecule has 0 radical (unpaired) electrons. The van der Waals surface area contributed by atoms with E-state index < -0.39 is 0 Å². The third-order valence-corrected chi connectivity index (χ3v) is 10.4. The van der Waals surface area contributed by atoms with E-state index in [-0.39, 0.29) is 0 Å². The van der Waals surface area contributed by atoms with E-state index >= 15 is 0 Å². The second-order valence-electron chi connectivity index (χ2n) is 13.6. The molecule has 0 amide bonds. The van der Waals surface area contributed by atoms with Gasteiger partial charge in [-0.1, -0.05) is 115 Å². The summed E-state index contributed by atoms with van der Waals surface area (Å²) in [6, 6.07) is 62.6. The quantitative estimate of drug-likeness (QED) is 0.186. The Morgan fingerprint density at radius 2 is 1.02 bits per heavy atom. The maximum atomic E-state index is 2.49. The van der Waals surface area contributed by atoms with Crippen molar-refractivity contribution in [2.75, 3.05) is 4.90 Å². The van der Waals surface area contributed by atoms with E-state index in [2.05, 4.69) is 193 Å². The molecule has 0 saturated heterocycles. The minimum absolute atomic E-state index is 1.17. The van der Waals surface area contributed by atoms with Gasteiger partial charge in [0.15, 0.2) is 0 Å². The topological polar surface area (TPSA) is 8.17 Å². The second-order valence-corrected chi connectivity index (χ2v) is 13.6. The van der Waals surface area contributed by atoms with Gasteiger partial charge in [0.05, 0.1) is 22.4 Å². The third kappa shape index (κ3) is 4.35. The average Bonchev–Trinajstić information content (AvgIpc) is 3.47. The van der Waals surface area contributed by atoms with Crippen LogP contribution in [0.25, 0.3) is 71.6 Å². The van der Waals surface area contributed by atoms with Crippen molar-refractivity contribution in [3.05, 3.63) is 181 Å². The number of nitrogens with zero attached hydrogens (tertiary/aromatic N) is 2. The van der Waals surface area contributed by atoms with Crippen LogP contribution in [0.5, 0.6) is 0 Å². The molecule has 2 heterocycles. The number of rotatable bonds is 4. The van der Waals surface area contributed by atoms with Crippen molar-refractivity contribution in [1.29, 1.82) is 0 Å². The number of hydrogen-bond acceptors (Lipinski definition) is 1. The highest BCUT2D eigenvalue weighted by atomic mass is 15.2. The Labute approximate surface area is 292 Å². The van der Waals surface area contributed by atoms with E-state index in [0.29, 0.717) is 0 Å². The molecule has 2 nitrogen and oxygen atoms in total. The molecule has 2 heteroatoms. The minimum Gasteiger partial charge on any atom is -0.309 e. The predicted octanol–water partition coefficient (Wildman–Crippen LogP) is 13.3. The average molecular weight is 639 g/mol. The molecular formula is C48H34N2. The summed E-state index contributed by atoms with van der Waals surface area (Å²) in [5.41, 5.74) is 17.1. The van der Waals surface area contributed by atoms with Gasteiger partial charge in [0.2, 0.25) is 0 Å². The predicted molar refractivity (Wildman–Crippen MR) is 212 cm³/mol.